The van der Waals surface area contributed by atoms with Crippen molar-refractivity contribution in [2.45, 2.75) is 45.2 Å². The summed E-state index contributed by atoms with van der Waals surface area (Å²) < 4.78 is 0. The molecule has 0 aliphatic heterocycles. The Morgan fingerprint density at radius 3 is 2.94 bits per heavy atom. The van der Waals surface area contributed by atoms with Gasteiger partial charge in [-0.1, -0.05) is 6.92 Å². The Morgan fingerprint density at radius 1 is 1.56 bits per heavy atom. The lowest BCUT2D eigenvalue weighted by molar-refractivity contribution is 0.207. The van der Waals surface area contributed by atoms with E-state index < -0.39 is 0 Å². The molecule has 2 N–H and O–H groups in total. The predicted molar refractivity (Wildman–Crippen MR) is 66.6 cm³/mol. The molecule has 1 saturated carbocycles. The molecular weight excluding hydrogens is 220 g/mol. The van der Waals surface area contributed by atoms with Gasteiger partial charge in [0, 0.05) is 30.5 Å². The first-order chi connectivity index (χ1) is 7.70. The van der Waals surface area contributed by atoms with Gasteiger partial charge in [0.1, 0.15) is 0 Å². The van der Waals surface area contributed by atoms with Gasteiger partial charge in [-0.05, 0) is 25.7 Å². The summed E-state index contributed by atoms with van der Waals surface area (Å²) in [7, 11) is 0. The molecule has 1 fully saturated rings. The Hall–Kier alpha value is -0.450. The summed E-state index contributed by atoms with van der Waals surface area (Å²) in [6.07, 6.45) is 2.64. The lowest BCUT2D eigenvalue weighted by atomic mass is 10.1. The molecule has 16 heavy (non-hydrogen) atoms. The zero-order chi connectivity index (χ0) is 11.5. The maximum absolute atomic E-state index is 9.03. The predicted octanol–water partition coefficient (Wildman–Crippen LogP) is 2.13. The van der Waals surface area contributed by atoms with Crippen LogP contribution in [0.2, 0.25) is 0 Å². The van der Waals surface area contributed by atoms with Crippen LogP contribution in [0.4, 0.5) is 0 Å². The normalized spacial score (nSPS) is 19.7. The number of aromatic nitrogens is 1. The molecule has 0 bridgehead atoms. The fourth-order valence-corrected chi connectivity index (χ4v) is 2.54. The number of hydrogen-bond acceptors (Lipinski definition) is 4. The van der Waals surface area contributed by atoms with Gasteiger partial charge in [0.2, 0.25) is 0 Å². The zero-order valence-corrected chi connectivity index (χ0v) is 10.8. The highest BCUT2D eigenvalue weighted by Gasteiger charge is 2.26. The minimum absolute atomic E-state index is 0.235. The Bertz CT molecular complexity index is 336. The van der Waals surface area contributed by atoms with Gasteiger partial charge in [-0.15, -0.1) is 11.3 Å². The molecular formula is C12H20N2OS. The van der Waals surface area contributed by atoms with Crippen LogP contribution >= 0.6 is 11.3 Å². The molecule has 1 aromatic rings. The second kappa shape index (κ2) is 5.25. The highest BCUT2D eigenvalue weighted by atomic mass is 32.1. The molecule has 2 atom stereocenters. The first kappa shape index (κ1) is 12.0. The number of nitrogens with zero attached hydrogens (tertiary/aromatic N) is 1. The summed E-state index contributed by atoms with van der Waals surface area (Å²) in [5, 5.41) is 15.9. The Morgan fingerprint density at radius 2 is 2.31 bits per heavy atom. The minimum Gasteiger partial charge on any atom is -0.396 e. The standard InChI is InChI=1S/C12H20N2OS/c1-8(6-15)9(2)13-5-11-7-16-12(14-11)10-3-4-10/h7-10,13,15H,3-6H2,1-2H3. The first-order valence-electron chi connectivity index (χ1n) is 5.99. The van der Waals surface area contributed by atoms with E-state index in [4.69, 9.17) is 5.11 Å². The zero-order valence-electron chi connectivity index (χ0n) is 9.94. The number of rotatable bonds is 6. The van der Waals surface area contributed by atoms with Crippen LogP contribution in [-0.4, -0.2) is 22.7 Å². The first-order valence-corrected chi connectivity index (χ1v) is 6.87. The van der Waals surface area contributed by atoms with Crippen LogP contribution in [0.1, 0.15) is 43.3 Å². The van der Waals surface area contributed by atoms with Gasteiger partial charge >= 0.3 is 0 Å². The van der Waals surface area contributed by atoms with E-state index in [1.807, 2.05) is 6.92 Å². The van der Waals surface area contributed by atoms with Crippen LogP contribution < -0.4 is 5.32 Å². The third-order valence-corrected chi connectivity index (χ3v) is 4.30. The molecule has 0 saturated heterocycles. The average molecular weight is 240 g/mol. The van der Waals surface area contributed by atoms with Crippen LogP contribution in [-0.2, 0) is 6.54 Å². The number of nitrogens with one attached hydrogen (secondary N) is 1. The fraction of sp³-hybridized carbons (Fsp3) is 0.750. The molecule has 1 heterocycles. The van der Waals surface area contributed by atoms with Crippen molar-refractivity contribution in [3.63, 3.8) is 0 Å². The molecule has 90 valence electrons. The van der Waals surface area contributed by atoms with Gasteiger partial charge in [-0.2, -0.15) is 0 Å². The van der Waals surface area contributed by atoms with E-state index in [-0.39, 0.29) is 6.61 Å². The highest BCUT2D eigenvalue weighted by Crippen LogP contribution is 2.41. The molecule has 0 aromatic carbocycles. The van der Waals surface area contributed by atoms with E-state index in [9.17, 15) is 0 Å². The lowest BCUT2D eigenvalue weighted by Crippen LogP contribution is -2.33. The smallest absolute Gasteiger partial charge is 0.0959 e. The van der Waals surface area contributed by atoms with Crippen molar-refractivity contribution in [3.8, 4) is 0 Å². The fourth-order valence-electron chi connectivity index (χ4n) is 1.55. The summed E-state index contributed by atoms with van der Waals surface area (Å²) in [6.45, 7) is 5.21. The van der Waals surface area contributed by atoms with Gasteiger partial charge in [-0.3, -0.25) is 0 Å². The Balaban J connectivity index is 1.79. The molecule has 3 nitrogen and oxygen atoms in total. The van der Waals surface area contributed by atoms with E-state index in [0.717, 1.165) is 18.2 Å². The van der Waals surface area contributed by atoms with Crippen molar-refractivity contribution in [3.05, 3.63) is 16.1 Å². The van der Waals surface area contributed by atoms with E-state index in [1.165, 1.54) is 17.8 Å². The van der Waals surface area contributed by atoms with Gasteiger partial charge in [0.05, 0.1) is 10.7 Å². The lowest BCUT2D eigenvalue weighted by Gasteiger charge is -2.18. The van der Waals surface area contributed by atoms with Crippen LogP contribution in [0.15, 0.2) is 5.38 Å². The SMILES string of the molecule is CC(CO)C(C)NCc1csc(C2CC2)n1. The van der Waals surface area contributed by atoms with Gasteiger partial charge < -0.3 is 10.4 Å². The molecule has 2 unspecified atom stereocenters. The summed E-state index contributed by atoms with van der Waals surface area (Å²) >= 11 is 1.79. The van der Waals surface area contributed by atoms with Crippen molar-refractivity contribution in [2.24, 2.45) is 5.92 Å². The van der Waals surface area contributed by atoms with Gasteiger partial charge in [0.15, 0.2) is 0 Å². The molecule has 0 radical (unpaired) electrons. The minimum atomic E-state index is 0.235. The molecule has 0 spiro atoms. The topological polar surface area (TPSA) is 45.1 Å². The third-order valence-electron chi connectivity index (χ3n) is 3.24. The largest absolute Gasteiger partial charge is 0.396 e. The molecule has 1 aromatic heterocycles. The van der Waals surface area contributed by atoms with Crippen molar-refractivity contribution in [1.82, 2.24) is 10.3 Å². The second-order valence-electron chi connectivity index (χ2n) is 4.78. The maximum Gasteiger partial charge on any atom is 0.0959 e. The summed E-state index contributed by atoms with van der Waals surface area (Å²) in [6, 6.07) is 0.330. The number of aliphatic hydroxyl groups excluding tert-OH is 1. The van der Waals surface area contributed by atoms with Crippen LogP contribution in [0.25, 0.3) is 0 Å². The van der Waals surface area contributed by atoms with Crippen molar-refractivity contribution >= 4 is 11.3 Å². The Labute approximate surface area is 101 Å². The third kappa shape index (κ3) is 3.03. The van der Waals surface area contributed by atoms with E-state index in [0.29, 0.717) is 12.0 Å². The highest BCUT2D eigenvalue weighted by molar-refractivity contribution is 7.09. The summed E-state index contributed by atoms with van der Waals surface area (Å²) in [4.78, 5) is 4.62. The molecule has 2 rings (SSSR count). The second-order valence-corrected chi connectivity index (χ2v) is 5.67. The quantitative estimate of drug-likeness (QED) is 0.800. The molecule has 1 aliphatic rings. The molecule has 1 aliphatic carbocycles. The monoisotopic (exact) mass is 240 g/mol. The summed E-state index contributed by atoms with van der Waals surface area (Å²) in [5.41, 5.74) is 1.14. The van der Waals surface area contributed by atoms with Crippen molar-refractivity contribution in [2.75, 3.05) is 6.61 Å². The summed E-state index contributed by atoms with van der Waals surface area (Å²) in [5.74, 6) is 1.05. The molecule has 4 heteroatoms. The van der Waals surface area contributed by atoms with Crippen molar-refractivity contribution in [1.29, 1.82) is 0 Å². The van der Waals surface area contributed by atoms with Crippen molar-refractivity contribution < 1.29 is 5.11 Å². The van der Waals surface area contributed by atoms with E-state index in [1.54, 1.807) is 11.3 Å². The van der Waals surface area contributed by atoms with Gasteiger partial charge in [-0.25, -0.2) is 4.98 Å². The van der Waals surface area contributed by atoms with Crippen LogP contribution in [0.5, 0.6) is 0 Å². The number of aliphatic hydroxyl groups is 1. The van der Waals surface area contributed by atoms with E-state index in [2.05, 4.69) is 22.6 Å². The van der Waals surface area contributed by atoms with E-state index >= 15 is 0 Å². The van der Waals surface area contributed by atoms with Gasteiger partial charge in [0.25, 0.3) is 0 Å². The number of thiazole rings is 1. The van der Waals surface area contributed by atoms with Crippen LogP contribution in [0.3, 0.4) is 0 Å². The Kier molecular flexibility index (Phi) is 3.95. The maximum atomic E-state index is 9.03. The molecule has 0 amide bonds. The van der Waals surface area contributed by atoms with Crippen LogP contribution in [0, 0.1) is 5.92 Å². The average Bonchev–Trinajstić information content (AvgIpc) is 3.05. The number of hydrogen-bond donors (Lipinski definition) is 2.